The Morgan fingerprint density at radius 2 is 1.96 bits per heavy atom. The predicted octanol–water partition coefficient (Wildman–Crippen LogP) is 3.20. The summed E-state index contributed by atoms with van der Waals surface area (Å²) < 4.78 is 0. The Labute approximate surface area is 150 Å². The molecule has 3 rings (SSSR count). The van der Waals surface area contributed by atoms with E-state index in [0.29, 0.717) is 17.8 Å². The highest BCUT2D eigenvalue weighted by atomic mass is 16.6. The molecule has 1 aliphatic heterocycles. The highest BCUT2D eigenvalue weighted by Crippen LogP contribution is 2.29. The van der Waals surface area contributed by atoms with Crippen molar-refractivity contribution in [2.24, 2.45) is 5.92 Å². The summed E-state index contributed by atoms with van der Waals surface area (Å²) in [7, 11) is 0. The van der Waals surface area contributed by atoms with Crippen LogP contribution in [0.2, 0.25) is 0 Å². The molecule has 134 valence electrons. The number of hydrogen-bond acceptors (Lipinski definition) is 4. The Bertz CT molecular complexity index is 894. The van der Waals surface area contributed by atoms with Crippen molar-refractivity contribution in [1.29, 1.82) is 0 Å². The van der Waals surface area contributed by atoms with Crippen LogP contribution in [-0.2, 0) is 9.59 Å². The molecule has 2 aromatic carbocycles. The number of aryl methyl sites for hydroxylation is 1. The Morgan fingerprint density at radius 1 is 1.23 bits per heavy atom. The summed E-state index contributed by atoms with van der Waals surface area (Å²) in [6, 6.07) is 12.1. The smallest absolute Gasteiger partial charge is 0.274 e. The lowest BCUT2D eigenvalue weighted by atomic mass is 10.1. The van der Waals surface area contributed by atoms with Crippen molar-refractivity contribution in [2.45, 2.75) is 20.3 Å². The SMILES string of the molecule is Cc1cccc(N2C[C@H](C(=O)Nc3cccc([N+](=O)[O-])c3C)CC2=O)c1. The number of nitrogens with zero attached hydrogens (tertiary/aromatic N) is 2. The number of carbonyl (C=O) groups excluding carboxylic acids is 2. The fourth-order valence-corrected chi connectivity index (χ4v) is 3.12. The van der Waals surface area contributed by atoms with E-state index in [1.165, 1.54) is 12.1 Å². The first kappa shape index (κ1) is 17.6. The molecule has 2 amide bonds. The number of nitrogens with one attached hydrogen (secondary N) is 1. The van der Waals surface area contributed by atoms with Gasteiger partial charge in [-0.3, -0.25) is 19.7 Å². The molecule has 0 spiro atoms. The third-order valence-electron chi connectivity index (χ3n) is 4.57. The molecule has 1 aliphatic rings. The van der Waals surface area contributed by atoms with E-state index in [0.717, 1.165) is 11.3 Å². The lowest BCUT2D eigenvalue weighted by Gasteiger charge is -2.17. The largest absolute Gasteiger partial charge is 0.325 e. The third-order valence-corrected chi connectivity index (χ3v) is 4.57. The van der Waals surface area contributed by atoms with Crippen LogP contribution in [0.25, 0.3) is 0 Å². The van der Waals surface area contributed by atoms with Gasteiger partial charge in [-0.25, -0.2) is 0 Å². The Balaban J connectivity index is 1.75. The number of benzene rings is 2. The highest BCUT2D eigenvalue weighted by molar-refractivity contribution is 6.03. The second-order valence-electron chi connectivity index (χ2n) is 6.44. The molecule has 1 atom stereocenters. The molecule has 0 unspecified atom stereocenters. The predicted molar refractivity (Wildman–Crippen MR) is 98.1 cm³/mol. The lowest BCUT2D eigenvalue weighted by molar-refractivity contribution is -0.385. The highest BCUT2D eigenvalue weighted by Gasteiger charge is 2.35. The van der Waals surface area contributed by atoms with Crippen LogP contribution < -0.4 is 10.2 Å². The summed E-state index contributed by atoms with van der Waals surface area (Å²) in [6.07, 6.45) is 0.119. The minimum Gasteiger partial charge on any atom is -0.325 e. The number of anilines is 2. The van der Waals surface area contributed by atoms with E-state index in [9.17, 15) is 19.7 Å². The van der Waals surface area contributed by atoms with Gasteiger partial charge in [0.25, 0.3) is 5.69 Å². The van der Waals surface area contributed by atoms with Crippen LogP contribution in [0.3, 0.4) is 0 Å². The van der Waals surface area contributed by atoms with Crippen molar-refractivity contribution in [2.75, 3.05) is 16.8 Å². The van der Waals surface area contributed by atoms with Gasteiger partial charge >= 0.3 is 0 Å². The summed E-state index contributed by atoms with van der Waals surface area (Å²) in [5, 5.41) is 13.8. The third kappa shape index (κ3) is 3.42. The molecule has 7 heteroatoms. The maximum atomic E-state index is 12.6. The van der Waals surface area contributed by atoms with Crippen LogP contribution >= 0.6 is 0 Å². The lowest BCUT2D eigenvalue weighted by Crippen LogP contribution is -2.28. The van der Waals surface area contributed by atoms with Crippen molar-refractivity contribution < 1.29 is 14.5 Å². The average molecular weight is 353 g/mol. The first-order chi connectivity index (χ1) is 12.4. The minimum atomic E-state index is -0.498. The van der Waals surface area contributed by atoms with E-state index >= 15 is 0 Å². The molecule has 0 aliphatic carbocycles. The molecule has 0 bridgehead atoms. The van der Waals surface area contributed by atoms with E-state index in [1.54, 1.807) is 17.9 Å². The molecule has 1 heterocycles. The van der Waals surface area contributed by atoms with Crippen molar-refractivity contribution >= 4 is 28.9 Å². The van der Waals surface area contributed by atoms with Crippen molar-refractivity contribution in [3.05, 3.63) is 63.7 Å². The maximum Gasteiger partial charge on any atom is 0.274 e. The van der Waals surface area contributed by atoms with E-state index in [2.05, 4.69) is 5.32 Å². The summed E-state index contributed by atoms with van der Waals surface area (Å²) in [6.45, 7) is 3.83. The average Bonchev–Trinajstić information content (AvgIpc) is 2.98. The minimum absolute atomic E-state index is 0.0494. The molecule has 1 fully saturated rings. The summed E-state index contributed by atoms with van der Waals surface area (Å²) in [4.78, 5) is 37.1. The zero-order chi connectivity index (χ0) is 18.8. The van der Waals surface area contributed by atoms with E-state index in [4.69, 9.17) is 0 Å². The van der Waals surface area contributed by atoms with Gasteiger partial charge in [0, 0.05) is 24.7 Å². The first-order valence-corrected chi connectivity index (χ1v) is 8.28. The summed E-state index contributed by atoms with van der Waals surface area (Å²) in [5.74, 6) is -0.912. The van der Waals surface area contributed by atoms with Gasteiger partial charge in [0.05, 0.1) is 22.1 Å². The zero-order valence-electron chi connectivity index (χ0n) is 14.6. The van der Waals surface area contributed by atoms with Crippen LogP contribution in [0.5, 0.6) is 0 Å². The maximum absolute atomic E-state index is 12.6. The fraction of sp³-hybridized carbons (Fsp3) is 0.263. The standard InChI is InChI=1S/C19H19N3O4/c1-12-5-3-6-15(9-12)21-11-14(10-18(21)23)19(24)20-16-7-4-8-17(13(16)2)22(25)26/h3-9,14H,10-11H2,1-2H3,(H,20,24)/t14-/m1/s1. The van der Waals surface area contributed by atoms with Crippen LogP contribution in [0.1, 0.15) is 17.5 Å². The molecular formula is C19H19N3O4. The van der Waals surface area contributed by atoms with Crippen molar-refractivity contribution in [3.8, 4) is 0 Å². The second kappa shape index (κ2) is 6.95. The second-order valence-corrected chi connectivity index (χ2v) is 6.44. The monoisotopic (exact) mass is 353 g/mol. The fourth-order valence-electron chi connectivity index (χ4n) is 3.12. The van der Waals surface area contributed by atoms with Gasteiger partial charge in [-0.15, -0.1) is 0 Å². The van der Waals surface area contributed by atoms with Gasteiger partial charge in [-0.2, -0.15) is 0 Å². The summed E-state index contributed by atoms with van der Waals surface area (Å²) in [5.41, 5.74) is 2.55. The van der Waals surface area contributed by atoms with Crippen molar-refractivity contribution in [3.63, 3.8) is 0 Å². The Kier molecular flexibility index (Phi) is 4.71. The normalized spacial score (nSPS) is 16.6. The van der Waals surface area contributed by atoms with Crippen LogP contribution in [-0.4, -0.2) is 23.3 Å². The van der Waals surface area contributed by atoms with Gasteiger partial charge < -0.3 is 10.2 Å². The number of amides is 2. The Hall–Kier alpha value is -3.22. The van der Waals surface area contributed by atoms with E-state index in [1.807, 2.05) is 31.2 Å². The molecular weight excluding hydrogens is 334 g/mol. The molecule has 2 aromatic rings. The molecule has 1 N–H and O–H groups in total. The topological polar surface area (TPSA) is 92.6 Å². The van der Waals surface area contributed by atoms with Gasteiger partial charge in [0.1, 0.15) is 0 Å². The van der Waals surface area contributed by atoms with Crippen LogP contribution in [0.15, 0.2) is 42.5 Å². The molecule has 1 saturated heterocycles. The number of rotatable bonds is 4. The molecule has 7 nitrogen and oxygen atoms in total. The zero-order valence-corrected chi connectivity index (χ0v) is 14.6. The van der Waals surface area contributed by atoms with Gasteiger partial charge in [-0.05, 0) is 37.6 Å². The number of carbonyl (C=O) groups is 2. The number of nitro benzene ring substituents is 1. The van der Waals surface area contributed by atoms with Gasteiger partial charge in [0.2, 0.25) is 11.8 Å². The van der Waals surface area contributed by atoms with Gasteiger partial charge in [0.15, 0.2) is 0 Å². The Morgan fingerprint density at radius 3 is 2.65 bits per heavy atom. The molecule has 26 heavy (non-hydrogen) atoms. The molecule has 0 saturated carbocycles. The van der Waals surface area contributed by atoms with Gasteiger partial charge in [-0.1, -0.05) is 18.2 Å². The summed E-state index contributed by atoms with van der Waals surface area (Å²) >= 11 is 0. The quantitative estimate of drug-likeness (QED) is 0.675. The van der Waals surface area contributed by atoms with Crippen molar-refractivity contribution in [1.82, 2.24) is 0 Å². The number of nitro groups is 1. The van der Waals surface area contributed by atoms with E-state index in [-0.39, 0.29) is 23.9 Å². The molecule has 0 aromatic heterocycles. The van der Waals surface area contributed by atoms with Crippen LogP contribution in [0, 0.1) is 29.9 Å². The van der Waals surface area contributed by atoms with Crippen LogP contribution in [0.4, 0.5) is 17.1 Å². The number of hydrogen-bond donors (Lipinski definition) is 1. The molecule has 0 radical (unpaired) electrons. The van der Waals surface area contributed by atoms with E-state index < -0.39 is 10.8 Å². The first-order valence-electron chi connectivity index (χ1n) is 8.28.